The molecule has 6 nitrogen and oxygen atoms in total. The van der Waals surface area contributed by atoms with Gasteiger partial charge in [0.1, 0.15) is 16.3 Å². The van der Waals surface area contributed by atoms with Crippen LogP contribution < -0.4 is 9.46 Å². The van der Waals surface area contributed by atoms with Crippen LogP contribution in [0.3, 0.4) is 0 Å². The molecule has 0 amide bonds. The summed E-state index contributed by atoms with van der Waals surface area (Å²) in [6.45, 7) is 6.05. The van der Waals surface area contributed by atoms with Crippen molar-refractivity contribution >= 4 is 10.0 Å². The molecule has 0 bridgehead atoms. The highest BCUT2D eigenvalue weighted by Gasteiger charge is 2.23. The zero-order valence-corrected chi connectivity index (χ0v) is 13.7. The van der Waals surface area contributed by atoms with Crippen molar-refractivity contribution in [2.24, 2.45) is 0 Å². The Bertz CT molecular complexity index is 701. The van der Waals surface area contributed by atoms with Crippen molar-refractivity contribution in [3.63, 3.8) is 0 Å². The number of hydrogen-bond acceptors (Lipinski definition) is 5. The Labute approximate surface area is 130 Å². The molecule has 0 unspecified atom stereocenters. The summed E-state index contributed by atoms with van der Waals surface area (Å²) in [6, 6.07) is 7.60. The summed E-state index contributed by atoms with van der Waals surface area (Å²) < 4.78 is 37.3. The highest BCUT2D eigenvalue weighted by molar-refractivity contribution is 7.89. The standard InChI is InChI=1S/C15H20N2O4S/c1-4-20-14-7-5-13(6-8-14)9-10-16-22(18,19)15-11(2)17-21-12(15)3/h5-8,16H,4,9-10H2,1-3H3. The topological polar surface area (TPSA) is 81.4 Å². The van der Waals surface area contributed by atoms with Crippen LogP contribution in [0.15, 0.2) is 33.7 Å². The third kappa shape index (κ3) is 3.86. The van der Waals surface area contributed by atoms with Crippen LogP contribution >= 0.6 is 0 Å². The van der Waals surface area contributed by atoms with Crippen molar-refractivity contribution in [1.82, 2.24) is 9.88 Å². The van der Waals surface area contributed by atoms with Crippen LogP contribution in [0.2, 0.25) is 0 Å². The van der Waals surface area contributed by atoms with Gasteiger partial charge in [0.15, 0.2) is 5.76 Å². The molecule has 1 aromatic carbocycles. The van der Waals surface area contributed by atoms with Crippen LogP contribution in [0.5, 0.6) is 5.75 Å². The molecule has 0 saturated carbocycles. The normalized spacial score (nSPS) is 11.6. The molecule has 22 heavy (non-hydrogen) atoms. The van der Waals surface area contributed by atoms with E-state index in [1.54, 1.807) is 13.8 Å². The van der Waals surface area contributed by atoms with Crippen molar-refractivity contribution in [3.8, 4) is 5.75 Å². The van der Waals surface area contributed by atoms with Crippen LogP contribution in [0.25, 0.3) is 0 Å². The maximum Gasteiger partial charge on any atom is 0.245 e. The summed E-state index contributed by atoms with van der Waals surface area (Å²) in [7, 11) is -3.60. The lowest BCUT2D eigenvalue weighted by Gasteiger charge is -2.07. The maximum absolute atomic E-state index is 12.2. The van der Waals surface area contributed by atoms with Crippen LogP contribution in [0, 0.1) is 13.8 Å². The molecule has 0 saturated heterocycles. The zero-order valence-electron chi connectivity index (χ0n) is 12.9. The van der Waals surface area contributed by atoms with E-state index in [9.17, 15) is 8.42 Å². The quantitative estimate of drug-likeness (QED) is 0.844. The van der Waals surface area contributed by atoms with Gasteiger partial charge in [-0.15, -0.1) is 0 Å². The Morgan fingerprint density at radius 3 is 2.45 bits per heavy atom. The van der Waals surface area contributed by atoms with Crippen LogP contribution in [0.4, 0.5) is 0 Å². The molecule has 0 aliphatic heterocycles. The number of nitrogens with zero attached hydrogens (tertiary/aromatic N) is 1. The summed E-state index contributed by atoms with van der Waals surface area (Å²) in [5.41, 5.74) is 1.40. The molecule has 0 atom stereocenters. The Hall–Kier alpha value is -1.86. The predicted octanol–water partition coefficient (Wildman–Crippen LogP) is 2.21. The minimum absolute atomic E-state index is 0.124. The molecule has 1 N–H and O–H groups in total. The molecule has 0 fully saturated rings. The van der Waals surface area contributed by atoms with E-state index in [0.717, 1.165) is 11.3 Å². The number of hydrogen-bond donors (Lipinski definition) is 1. The number of benzene rings is 1. The minimum Gasteiger partial charge on any atom is -0.494 e. The van der Waals surface area contributed by atoms with E-state index >= 15 is 0 Å². The van der Waals surface area contributed by atoms with Gasteiger partial charge in [-0.2, -0.15) is 0 Å². The minimum atomic E-state index is -3.60. The van der Waals surface area contributed by atoms with E-state index in [0.29, 0.717) is 31.0 Å². The molecular weight excluding hydrogens is 304 g/mol. The summed E-state index contributed by atoms with van der Waals surface area (Å²) >= 11 is 0. The number of sulfonamides is 1. The van der Waals surface area contributed by atoms with E-state index in [2.05, 4.69) is 9.88 Å². The van der Waals surface area contributed by atoms with Gasteiger partial charge in [0.25, 0.3) is 0 Å². The molecule has 120 valence electrons. The monoisotopic (exact) mass is 324 g/mol. The van der Waals surface area contributed by atoms with Gasteiger partial charge in [-0.05, 0) is 44.9 Å². The maximum atomic E-state index is 12.2. The molecular formula is C15H20N2O4S. The van der Waals surface area contributed by atoms with E-state index in [4.69, 9.17) is 9.26 Å². The predicted molar refractivity (Wildman–Crippen MR) is 82.5 cm³/mol. The second kappa shape index (κ2) is 6.93. The summed E-state index contributed by atoms with van der Waals surface area (Å²) in [5, 5.41) is 3.67. The average Bonchev–Trinajstić information content (AvgIpc) is 2.81. The second-order valence-corrected chi connectivity index (χ2v) is 6.58. The lowest BCUT2D eigenvalue weighted by atomic mass is 10.1. The highest BCUT2D eigenvalue weighted by Crippen LogP contribution is 2.18. The van der Waals surface area contributed by atoms with E-state index in [1.165, 1.54) is 0 Å². The van der Waals surface area contributed by atoms with Gasteiger partial charge in [0.05, 0.1) is 6.61 Å². The first-order valence-corrected chi connectivity index (χ1v) is 8.56. The number of ether oxygens (including phenoxy) is 1. The molecule has 1 heterocycles. The van der Waals surface area contributed by atoms with Crippen LogP contribution in [-0.2, 0) is 16.4 Å². The van der Waals surface area contributed by atoms with E-state index < -0.39 is 10.0 Å². The third-order valence-electron chi connectivity index (χ3n) is 3.18. The van der Waals surface area contributed by atoms with Crippen molar-refractivity contribution in [3.05, 3.63) is 41.3 Å². The first kappa shape index (κ1) is 16.5. The second-order valence-electron chi connectivity index (χ2n) is 4.88. The average molecular weight is 324 g/mol. The lowest BCUT2D eigenvalue weighted by Crippen LogP contribution is -2.26. The van der Waals surface area contributed by atoms with E-state index in [1.807, 2.05) is 31.2 Å². The first-order valence-electron chi connectivity index (χ1n) is 7.08. The molecule has 0 spiro atoms. The van der Waals surface area contributed by atoms with Crippen molar-refractivity contribution < 1.29 is 17.7 Å². The summed E-state index contributed by atoms with van der Waals surface area (Å²) in [4.78, 5) is 0.124. The van der Waals surface area contributed by atoms with Gasteiger partial charge in [0, 0.05) is 6.54 Å². The molecule has 7 heteroatoms. The summed E-state index contributed by atoms with van der Waals surface area (Å²) in [6.07, 6.45) is 0.592. The van der Waals surface area contributed by atoms with E-state index in [-0.39, 0.29) is 4.90 Å². The zero-order chi connectivity index (χ0) is 16.2. The largest absolute Gasteiger partial charge is 0.494 e. The lowest BCUT2D eigenvalue weighted by molar-refractivity contribution is 0.340. The van der Waals surface area contributed by atoms with Gasteiger partial charge in [0.2, 0.25) is 10.0 Å². The van der Waals surface area contributed by atoms with Crippen molar-refractivity contribution in [2.75, 3.05) is 13.2 Å². The van der Waals surface area contributed by atoms with Gasteiger partial charge in [-0.1, -0.05) is 17.3 Å². The third-order valence-corrected chi connectivity index (χ3v) is 4.88. The van der Waals surface area contributed by atoms with Gasteiger partial charge in [-0.25, -0.2) is 13.1 Å². The van der Waals surface area contributed by atoms with Gasteiger partial charge in [-0.3, -0.25) is 0 Å². The Morgan fingerprint density at radius 2 is 1.91 bits per heavy atom. The molecule has 2 rings (SSSR count). The number of aryl methyl sites for hydroxylation is 2. The number of aromatic nitrogens is 1. The molecule has 0 aliphatic rings. The molecule has 0 radical (unpaired) electrons. The Balaban J connectivity index is 1.95. The SMILES string of the molecule is CCOc1ccc(CCNS(=O)(=O)c2c(C)noc2C)cc1. The van der Waals surface area contributed by atoms with Crippen LogP contribution in [-0.4, -0.2) is 26.7 Å². The number of rotatable bonds is 7. The first-order chi connectivity index (χ1) is 10.4. The van der Waals surface area contributed by atoms with Crippen molar-refractivity contribution in [2.45, 2.75) is 32.1 Å². The Kier molecular flexibility index (Phi) is 5.20. The molecule has 1 aromatic heterocycles. The highest BCUT2D eigenvalue weighted by atomic mass is 32.2. The van der Waals surface area contributed by atoms with Gasteiger partial charge < -0.3 is 9.26 Å². The Morgan fingerprint density at radius 1 is 1.23 bits per heavy atom. The summed E-state index contributed by atoms with van der Waals surface area (Å²) in [5.74, 6) is 1.11. The molecule has 0 aliphatic carbocycles. The van der Waals surface area contributed by atoms with Crippen LogP contribution in [0.1, 0.15) is 23.9 Å². The fourth-order valence-electron chi connectivity index (χ4n) is 2.18. The van der Waals surface area contributed by atoms with Crippen molar-refractivity contribution in [1.29, 1.82) is 0 Å². The van der Waals surface area contributed by atoms with Gasteiger partial charge >= 0.3 is 0 Å². The smallest absolute Gasteiger partial charge is 0.245 e. The fraction of sp³-hybridized carbons (Fsp3) is 0.400. The fourth-order valence-corrected chi connectivity index (χ4v) is 3.54. The molecule has 2 aromatic rings. The number of nitrogens with one attached hydrogen (secondary N) is 1.